The fourth-order valence-corrected chi connectivity index (χ4v) is 12.6. The molecule has 0 spiro atoms. The molecule has 25 heteroatoms. The molecule has 1 aliphatic rings. The van der Waals surface area contributed by atoms with Crippen molar-refractivity contribution < 1.29 is 117 Å². The molecule has 8 atom stereocenters. The topological polar surface area (TPSA) is 355 Å². The average Bonchev–Trinajstić information content (AvgIpc) is 1.42. The van der Waals surface area contributed by atoms with Crippen LogP contribution in [0.4, 0.5) is 0 Å². The molecule has 0 amide bonds. The van der Waals surface area contributed by atoms with Gasteiger partial charge in [-0.05, 0) is 38.5 Å². The molecule has 592 valence electrons. The minimum absolute atomic E-state index is 0. The van der Waals surface area contributed by atoms with Crippen molar-refractivity contribution in [3.63, 3.8) is 0 Å². The molecule has 1 rings (SSSR count). The SMILES string of the molecule is CCCCCCCCCCCCCC(=O)OCC(COP(=O)([O-])OCC(O)CO)OC(=O)CCCCCCCCCCCCC.CCCCCCCCCCCCCC(=O)OCC(COP(=O)([O-])OCC(O)CO)OC(=O)CCCCCCCCCCCCC.N[C@@H]1CCCC[C@H]1N.[Pt+2]. The molecular formula is C74H146N2O20P2Pt. The molecule has 0 aromatic rings. The van der Waals surface area contributed by atoms with Gasteiger partial charge in [-0.15, -0.1) is 0 Å². The van der Waals surface area contributed by atoms with Crippen molar-refractivity contribution in [1.29, 1.82) is 0 Å². The summed E-state index contributed by atoms with van der Waals surface area (Å²) in [5.74, 6) is -1.91. The maximum absolute atomic E-state index is 12.5. The summed E-state index contributed by atoms with van der Waals surface area (Å²) in [6, 6.07) is 0.562. The van der Waals surface area contributed by atoms with Gasteiger partial charge in [0.1, 0.15) is 25.4 Å². The zero-order valence-corrected chi connectivity index (χ0v) is 66.6. The Morgan fingerprint density at radius 3 is 0.768 bits per heavy atom. The van der Waals surface area contributed by atoms with Crippen LogP contribution < -0.4 is 21.3 Å². The van der Waals surface area contributed by atoms with E-state index in [1.165, 1.54) is 193 Å². The Morgan fingerprint density at radius 2 is 0.556 bits per heavy atom. The Labute approximate surface area is 615 Å². The third-order valence-corrected chi connectivity index (χ3v) is 19.2. The van der Waals surface area contributed by atoms with Crippen LogP contribution in [0.2, 0.25) is 0 Å². The van der Waals surface area contributed by atoms with Gasteiger partial charge in [0.25, 0.3) is 15.6 Å². The predicted molar refractivity (Wildman–Crippen MR) is 386 cm³/mol. The number of phosphoric ester groups is 2. The van der Waals surface area contributed by atoms with E-state index in [4.69, 9.17) is 49.7 Å². The van der Waals surface area contributed by atoms with E-state index >= 15 is 0 Å². The summed E-state index contributed by atoms with van der Waals surface area (Å²) in [4.78, 5) is 73.6. The van der Waals surface area contributed by atoms with Gasteiger partial charge in [0, 0.05) is 37.8 Å². The van der Waals surface area contributed by atoms with Crippen molar-refractivity contribution in [2.45, 2.75) is 398 Å². The van der Waals surface area contributed by atoms with Crippen molar-refractivity contribution in [2.75, 3.05) is 52.9 Å². The van der Waals surface area contributed by atoms with Crippen molar-refractivity contribution in [3.8, 4) is 0 Å². The predicted octanol–water partition coefficient (Wildman–Crippen LogP) is 15.6. The molecule has 1 saturated carbocycles. The van der Waals surface area contributed by atoms with E-state index in [-0.39, 0.29) is 72.0 Å². The Morgan fingerprint density at radius 1 is 0.354 bits per heavy atom. The zero-order valence-electron chi connectivity index (χ0n) is 62.6. The van der Waals surface area contributed by atoms with Gasteiger partial charge in [-0.2, -0.15) is 0 Å². The van der Waals surface area contributed by atoms with Gasteiger partial charge < -0.3 is 78.7 Å². The fraction of sp³-hybridized carbons (Fsp3) is 0.946. The average molecular weight is 1640 g/mol. The smallest absolute Gasteiger partial charge is 0.756 e. The van der Waals surface area contributed by atoms with E-state index < -0.39 is 104 Å². The zero-order chi connectivity index (χ0) is 72.9. The molecule has 22 nitrogen and oxygen atoms in total. The van der Waals surface area contributed by atoms with E-state index in [1.807, 2.05) is 0 Å². The summed E-state index contributed by atoms with van der Waals surface area (Å²) in [5, 5.41) is 36.3. The first-order chi connectivity index (χ1) is 47.3. The third kappa shape index (κ3) is 74.6. The van der Waals surface area contributed by atoms with Crippen LogP contribution in [0.3, 0.4) is 0 Å². The second-order valence-corrected chi connectivity index (χ2v) is 29.9. The molecule has 6 unspecified atom stereocenters. The fourth-order valence-electron chi connectivity index (χ4n) is 11.0. The molecule has 0 saturated heterocycles. The Balaban J connectivity index is -0.00000165. The molecule has 8 N–H and O–H groups in total. The van der Waals surface area contributed by atoms with Crippen LogP contribution in [0.1, 0.15) is 362 Å². The molecule has 0 heterocycles. The quantitative estimate of drug-likeness (QED) is 0.0143. The van der Waals surface area contributed by atoms with Crippen LogP contribution in [0, 0.1) is 0 Å². The van der Waals surface area contributed by atoms with Gasteiger partial charge in [0.05, 0.1) is 39.6 Å². The normalized spacial score (nSPS) is 16.1. The molecule has 1 aliphatic carbocycles. The van der Waals surface area contributed by atoms with Gasteiger partial charge in [0.15, 0.2) is 12.2 Å². The monoisotopic (exact) mass is 1640 g/mol. The van der Waals surface area contributed by atoms with E-state index in [1.54, 1.807) is 0 Å². The minimum atomic E-state index is -4.85. The number of hydrogen-bond acceptors (Lipinski definition) is 22. The second kappa shape index (κ2) is 74.8. The summed E-state index contributed by atoms with van der Waals surface area (Å²) in [7, 11) is -9.69. The molecule has 0 bridgehead atoms. The van der Waals surface area contributed by atoms with Gasteiger partial charge in [-0.1, -0.05) is 297 Å². The summed E-state index contributed by atoms with van der Waals surface area (Å²) < 4.78 is 64.2. The largest absolute Gasteiger partial charge is 2.00 e. The van der Waals surface area contributed by atoms with Crippen LogP contribution in [0.5, 0.6) is 0 Å². The molecule has 0 aromatic heterocycles. The van der Waals surface area contributed by atoms with Crippen LogP contribution in [-0.2, 0) is 86.4 Å². The third-order valence-electron chi connectivity index (χ3n) is 17.4. The summed E-state index contributed by atoms with van der Waals surface area (Å²) in [6.45, 7) is 4.34. The number of phosphoric acid groups is 2. The van der Waals surface area contributed by atoms with E-state index in [0.717, 1.165) is 89.9 Å². The van der Waals surface area contributed by atoms with Crippen molar-refractivity contribution >= 4 is 39.5 Å². The summed E-state index contributed by atoms with van der Waals surface area (Å²) >= 11 is 0. The Hall–Kier alpha value is -1.45. The van der Waals surface area contributed by atoms with E-state index in [2.05, 4.69) is 36.7 Å². The number of carbonyl (C=O) groups is 4. The number of rotatable bonds is 68. The van der Waals surface area contributed by atoms with Gasteiger partial charge in [-0.3, -0.25) is 28.3 Å². The van der Waals surface area contributed by atoms with E-state index in [0.29, 0.717) is 25.7 Å². The first kappa shape index (κ1) is 102. The Kier molecular flexibility index (Phi) is 76.9. The van der Waals surface area contributed by atoms with Crippen LogP contribution in [0.15, 0.2) is 0 Å². The Bertz CT molecular complexity index is 1770. The number of aliphatic hydroxyl groups excluding tert-OH is 4. The second-order valence-electron chi connectivity index (χ2n) is 27.1. The molecule has 99 heavy (non-hydrogen) atoms. The van der Waals surface area contributed by atoms with Crippen molar-refractivity contribution in [1.82, 2.24) is 0 Å². The number of hydrogen-bond donors (Lipinski definition) is 6. The maximum atomic E-state index is 12.5. The van der Waals surface area contributed by atoms with Crippen LogP contribution in [0.25, 0.3) is 0 Å². The number of carbonyl (C=O) groups excluding carboxylic acids is 4. The number of esters is 4. The summed E-state index contributed by atoms with van der Waals surface area (Å²) in [5.41, 5.74) is 11.3. The molecule has 0 radical (unpaired) electrons. The molecule has 0 aliphatic heterocycles. The van der Waals surface area contributed by atoms with Gasteiger partial charge >= 0.3 is 44.9 Å². The van der Waals surface area contributed by atoms with E-state index in [9.17, 15) is 48.3 Å². The standard InChI is InChI=1S/2C34H67O10P.C6H14N2.Pt/c2*1-3-5-7-9-11-13-15-17-19-21-23-25-33(37)41-29-32(30-43-45(39,40)42-28-31(36)27-35)44-34(38)26-24-22-20-18-16-14-12-10-8-6-4-2;7-5-3-1-2-4-6(5)8;/h2*31-32,35-36H,3-30H2,1-2H3,(H,39,40);5-6H,1-4,7-8H2;/q;;;+2/p-2/t;;5-,6-;/m..1./s1. The van der Waals surface area contributed by atoms with Crippen LogP contribution in [-0.4, -0.2) is 134 Å². The number of ether oxygens (including phenoxy) is 4. The van der Waals surface area contributed by atoms with Gasteiger partial charge in [-0.25, -0.2) is 0 Å². The number of aliphatic hydroxyl groups is 4. The van der Waals surface area contributed by atoms with Crippen molar-refractivity contribution in [3.05, 3.63) is 0 Å². The molecule has 0 aromatic carbocycles. The molecule has 1 fully saturated rings. The first-order valence-corrected chi connectivity index (χ1v) is 42.2. The first-order valence-electron chi connectivity index (χ1n) is 39.3. The number of unbranched alkanes of at least 4 members (excludes halogenated alkanes) is 40. The van der Waals surface area contributed by atoms with Crippen LogP contribution >= 0.6 is 15.6 Å². The minimum Gasteiger partial charge on any atom is -0.756 e. The summed E-state index contributed by atoms with van der Waals surface area (Å²) in [6.07, 6.45) is 51.6. The van der Waals surface area contributed by atoms with Gasteiger partial charge in [0.2, 0.25) is 0 Å². The number of nitrogens with two attached hydrogens (primary N) is 2. The van der Waals surface area contributed by atoms with Crippen molar-refractivity contribution in [2.24, 2.45) is 11.5 Å². The maximum Gasteiger partial charge on any atom is 2.00 e. The molecular weight excluding hydrogens is 1490 g/mol.